The van der Waals surface area contributed by atoms with Gasteiger partial charge in [-0.15, -0.1) is 0 Å². The molecule has 2 aromatic rings. The molecule has 16 heavy (non-hydrogen) atoms. The van der Waals surface area contributed by atoms with Gasteiger partial charge in [-0.1, -0.05) is 29.8 Å². The highest BCUT2D eigenvalue weighted by Gasteiger charge is 2.16. The van der Waals surface area contributed by atoms with E-state index in [2.05, 4.69) is 0 Å². The summed E-state index contributed by atoms with van der Waals surface area (Å²) in [6.45, 7) is 1.58. The molecule has 1 unspecified atom stereocenters. The van der Waals surface area contributed by atoms with Gasteiger partial charge in [0.1, 0.15) is 0 Å². The fourth-order valence-corrected chi connectivity index (χ4v) is 1.66. The van der Waals surface area contributed by atoms with Gasteiger partial charge in [0.2, 0.25) is 0 Å². The van der Waals surface area contributed by atoms with E-state index in [1.807, 2.05) is 24.3 Å². The van der Waals surface area contributed by atoms with Gasteiger partial charge >= 0.3 is 5.97 Å². The second kappa shape index (κ2) is 4.06. The first-order chi connectivity index (χ1) is 7.59. The van der Waals surface area contributed by atoms with E-state index in [1.54, 1.807) is 6.92 Å². The number of hydrogen-bond acceptors (Lipinski definition) is 3. The molecule has 5 heteroatoms. The van der Waals surface area contributed by atoms with Gasteiger partial charge < -0.3 is 10.6 Å². The first kappa shape index (κ1) is 10.8. The third-order valence-corrected chi connectivity index (χ3v) is 2.32. The SMILES string of the molecule is CC(Cl)OC(=O)c1cn(N)c2ccccc12. The van der Waals surface area contributed by atoms with Crippen LogP contribution in [-0.4, -0.2) is 16.2 Å². The summed E-state index contributed by atoms with van der Waals surface area (Å²) in [6, 6.07) is 7.33. The number of rotatable bonds is 2. The lowest BCUT2D eigenvalue weighted by Gasteiger charge is -2.04. The van der Waals surface area contributed by atoms with Crippen molar-refractivity contribution in [1.29, 1.82) is 0 Å². The van der Waals surface area contributed by atoms with Crippen LogP contribution in [0.4, 0.5) is 0 Å². The Kier molecular flexibility index (Phi) is 2.75. The van der Waals surface area contributed by atoms with Crippen molar-refractivity contribution in [2.24, 2.45) is 0 Å². The lowest BCUT2D eigenvalue weighted by molar-refractivity contribution is 0.0474. The molecule has 1 aromatic heterocycles. The number of carbonyl (C=O) groups excluding carboxylic acids is 1. The quantitative estimate of drug-likeness (QED) is 0.495. The Balaban J connectivity index is 2.49. The average Bonchev–Trinajstić information content (AvgIpc) is 2.56. The summed E-state index contributed by atoms with van der Waals surface area (Å²) in [7, 11) is 0. The molecule has 1 heterocycles. The van der Waals surface area contributed by atoms with Crippen molar-refractivity contribution < 1.29 is 9.53 Å². The molecule has 0 aliphatic carbocycles. The maximum Gasteiger partial charge on any atom is 0.341 e. The summed E-state index contributed by atoms with van der Waals surface area (Å²) in [5, 5.41) is 0.757. The van der Waals surface area contributed by atoms with Crippen LogP contribution in [0.15, 0.2) is 30.5 Å². The summed E-state index contributed by atoms with van der Waals surface area (Å²) in [5.41, 5.74) is 0.537. The van der Waals surface area contributed by atoms with E-state index in [9.17, 15) is 4.79 Å². The first-order valence-electron chi connectivity index (χ1n) is 4.80. The highest BCUT2D eigenvalue weighted by atomic mass is 35.5. The predicted octanol–water partition coefficient (Wildman–Crippen LogP) is 2.10. The molecule has 2 N–H and O–H groups in total. The minimum Gasteiger partial charge on any atom is -0.443 e. The van der Waals surface area contributed by atoms with Crippen LogP contribution in [0.2, 0.25) is 0 Å². The summed E-state index contributed by atoms with van der Waals surface area (Å²) in [6.07, 6.45) is 1.53. The van der Waals surface area contributed by atoms with Crippen LogP contribution in [0.5, 0.6) is 0 Å². The van der Waals surface area contributed by atoms with Crippen molar-refractivity contribution in [2.45, 2.75) is 12.5 Å². The van der Waals surface area contributed by atoms with Crippen LogP contribution in [0.3, 0.4) is 0 Å². The number of aromatic nitrogens is 1. The summed E-state index contributed by atoms with van der Waals surface area (Å²) in [4.78, 5) is 11.7. The van der Waals surface area contributed by atoms with E-state index < -0.39 is 11.5 Å². The van der Waals surface area contributed by atoms with Crippen LogP contribution in [0.25, 0.3) is 10.9 Å². The predicted molar refractivity (Wildman–Crippen MR) is 62.8 cm³/mol. The van der Waals surface area contributed by atoms with Crippen molar-refractivity contribution >= 4 is 28.5 Å². The number of hydrogen-bond donors (Lipinski definition) is 1. The number of alkyl halides is 1. The van der Waals surface area contributed by atoms with Crippen molar-refractivity contribution in [3.05, 3.63) is 36.0 Å². The molecular weight excluding hydrogens is 228 g/mol. The number of carbonyl (C=O) groups is 1. The number of halogens is 1. The van der Waals surface area contributed by atoms with Gasteiger partial charge in [0.15, 0.2) is 5.56 Å². The maximum atomic E-state index is 11.7. The van der Waals surface area contributed by atoms with Crippen LogP contribution >= 0.6 is 11.6 Å². The monoisotopic (exact) mass is 238 g/mol. The van der Waals surface area contributed by atoms with E-state index in [0.717, 1.165) is 10.9 Å². The maximum absolute atomic E-state index is 11.7. The minimum atomic E-state index is -0.660. The lowest BCUT2D eigenvalue weighted by Crippen LogP contribution is -2.10. The van der Waals surface area contributed by atoms with Gasteiger partial charge in [0, 0.05) is 11.6 Å². The number of nitrogen functional groups attached to an aromatic ring is 1. The third kappa shape index (κ3) is 1.84. The van der Waals surface area contributed by atoms with Crippen molar-refractivity contribution in [3.8, 4) is 0 Å². The molecule has 0 aliphatic rings. The smallest absolute Gasteiger partial charge is 0.341 e. The van der Waals surface area contributed by atoms with Gasteiger partial charge in [0.25, 0.3) is 0 Å². The number of benzene rings is 1. The summed E-state index contributed by atoms with van der Waals surface area (Å²) in [5.74, 6) is 5.25. The number of esters is 1. The van der Waals surface area contributed by atoms with Gasteiger partial charge in [-0.3, -0.25) is 4.68 Å². The second-order valence-corrected chi connectivity index (χ2v) is 4.03. The van der Waals surface area contributed by atoms with Crippen molar-refractivity contribution in [1.82, 2.24) is 4.68 Å². The lowest BCUT2D eigenvalue weighted by atomic mass is 10.2. The number of ether oxygens (including phenoxy) is 1. The molecule has 0 amide bonds. The zero-order valence-corrected chi connectivity index (χ0v) is 9.44. The first-order valence-corrected chi connectivity index (χ1v) is 5.23. The standard InChI is InChI=1S/C11H11ClN2O2/c1-7(12)16-11(15)9-6-14(13)10-5-3-2-4-8(9)10/h2-7H,13H2,1H3. The summed E-state index contributed by atoms with van der Waals surface area (Å²) >= 11 is 5.60. The Morgan fingerprint density at radius 1 is 1.50 bits per heavy atom. The van der Waals surface area contributed by atoms with Crippen molar-refractivity contribution in [3.63, 3.8) is 0 Å². The molecule has 0 radical (unpaired) electrons. The van der Waals surface area contributed by atoms with Crippen LogP contribution in [0, 0.1) is 0 Å². The molecule has 1 aromatic carbocycles. The van der Waals surface area contributed by atoms with E-state index in [-0.39, 0.29) is 0 Å². The fraction of sp³-hybridized carbons (Fsp3) is 0.182. The molecular formula is C11H11ClN2O2. The van der Waals surface area contributed by atoms with Crippen LogP contribution in [-0.2, 0) is 4.74 Å². The molecule has 1 atom stereocenters. The van der Waals surface area contributed by atoms with E-state index >= 15 is 0 Å². The Bertz CT molecular complexity index is 534. The molecule has 0 fully saturated rings. The normalized spacial score (nSPS) is 12.6. The molecule has 84 valence electrons. The Hall–Kier alpha value is -1.68. The third-order valence-electron chi connectivity index (χ3n) is 2.23. The zero-order valence-electron chi connectivity index (χ0n) is 8.68. The van der Waals surface area contributed by atoms with E-state index in [4.69, 9.17) is 22.2 Å². The highest BCUT2D eigenvalue weighted by molar-refractivity contribution is 6.20. The van der Waals surface area contributed by atoms with Gasteiger partial charge in [0.05, 0.1) is 11.1 Å². The molecule has 0 aliphatic heterocycles. The average molecular weight is 239 g/mol. The molecule has 0 bridgehead atoms. The topological polar surface area (TPSA) is 57.2 Å². The van der Waals surface area contributed by atoms with Crippen molar-refractivity contribution in [2.75, 3.05) is 5.84 Å². The largest absolute Gasteiger partial charge is 0.443 e. The fourth-order valence-electron chi connectivity index (χ4n) is 1.58. The van der Waals surface area contributed by atoms with Crippen LogP contribution in [0.1, 0.15) is 17.3 Å². The summed E-state index contributed by atoms with van der Waals surface area (Å²) < 4.78 is 6.31. The van der Waals surface area contributed by atoms with Gasteiger partial charge in [-0.2, -0.15) is 0 Å². The number of nitrogens with zero attached hydrogens (tertiary/aromatic N) is 1. The minimum absolute atomic E-state index is 0.422. The number of nitrogens with two attached hydrogens (primary N) is 1. The number of para-hydroxylation sites is 1. The molecule has 0 saturated carbocycles. The molecule has 2 rings (SSSR count). The second-order valence-electron chi connectivity index (χ2n) is 3.42. The van der Waals surface area contributed by atoms with E-state index in [1.165, 1.54) is 10.9 Å². The molecule has 4 nitrogen and oxygen atoms in total. The molecule has 0 saturated heterocycles. The Labute approximate surface area is 97.5 Å². The van der Waals surface area contributed by atoms with Gasteiger partial charge in [-0.25, -0.2) is 4.79 Å². The van der Waals surface area contributed by atoms with E-state index in [0.29, 0.717) is 5.56 Å². The van der Waals surface area contributed by atoms with Crippen LogP contribution < -0.4 is 5.84 Å². The Morgan fingerprint density at radius 3 is 2.88 bits per heavy atom. The highest BCUT2D eigenvalue weighted by Crippen LogP contribution is 2.20. The van der Waals surface area contributed by atoms with Gasteiger partial charge in [-0.05, 0) is 13.0 Å². The Morgan fingerprint density at radius 2 is 2.19 bits per heavy atom. The molecule has 0 spiro atoms. The zero-order chi connectivity index (χ0) is 11.7. The number of fused-ring (bicyclic) bond motifs is 1.